The molecule has 0 N–H and O–H groups in total. The highest BCUT2D eigenvalue weighted by molar-refractivity contribution is 9.10. The Labute approximate surface area is 123 Å². The van der Waals surface area contributed by atoms with Crippen LogP contribution in [0.1, 0.15) is 25.2 Å². The molecule has 1 aromatic heterocycles. The van der Waals surface area contributed by atoms with Crippen LogP contribution in [0.25, 0.3) is 0 Å². The lowest BCUT2D eigenvalue weighted by Crippen LogP contribution is -2.24. The van der Waals surface area contributed by atoms with Crippen LogP contribution >= 0.6 is 15.9 Å². The Morgan fingerprint density at radius 3 is 2.47 bits per heavy atom. The van der Waals surface area contributed by atoms with Gasteiger partial charge in [0.25, 0.3) is 0 Å². The molecule has 0 aliphatic rings. The van der Waals surface area contributed by atoms with Gasteiger partial charge in [-0.25, -0.2) is 0 Å². The van der Waals surface area contributed by atoms with E-state index in [-0.39, 0.29) is 0 Å². The van der Waals surface area contributed by atoms with Crippen LogP contribution in [-0.4, -0.2) is 16.3 Å². The van der Waals surface area contributed by atoms with Gasteiger partial charge in [0.2, 0.25) is 0 Å². The Morgan fingerprint density at radius 2 is 1.89 bits per heavy atom. The Bertz CT molecular complexity index is 534. The summed E-state index contributed by atoms with van der Waals surface area (Å²) in [5, 5.41) is 4.55. The van der Waals surface area contributed by atoms with Gasteiger partial charge in [0.15, 0.2) is 0 Å². The molecule has 102 valence electrons. The summed E-state index contributed by atoms with van der Waals surface area (Å²) < 4.78 is 3.20. The van der Waals surface area contributed by atoms with Crippen molar-refractivity contribution in [2.24, 2.45) is 0 Å². The number of para-hydroxylation sites is 1. The molecule has 2 rings (SSSR count). The van der Waals surface area contributed by atoms with Crippen molar-refractivity contribution in [3.63, 3.8) is 0 Å². The minimum absolute atomic E-state index is 0.871. The van der Waals surface area contributed by atoms with E-state index in [1.165, 1.54) is 11.4 Å². The van der Waals surface area contributed by atoms with Crippen molar-refractivity contribution in [2.75, 3.05) is 11.4 Å². The summed E-state index contributed by atoms with van der Waals surface area (Å²) in [7, 11) is 0. The van der Waals surface area contributed by atoms with Gasteiger partial charge in [0.05, 0.1) is 22.4 Å². The molecule has 3 nitrogen and oxygen atoms in total. The van der Waals surface area contributed by atoms with Gasteiger partial charge in [-0.1, -0.05) is 18.2 Å². The predicted molar refractivity (Wildman–Crippen MR) is 83.5 cm³/mol. The minimum atomic E-state index is 0.871. The number of hydrogen-bond donors (Lipinski definition) is 0. The van der Waals surface area contributed by atoms with Gasteiger partial charge in [-0.2, -0.15) is 5.10 Å². The Morgan fingerprint density at radius 1 is 1.21 bits per heavy atom. The molecular formula is C15H20BrN3. The second kappa shape index (κ2) is 6.24. The molecule has 19 heavy (non-hydrogen) atoms. The van der Waals surface area contributed by atoms with Crippen molar-refractivity contribution in [1.29, 1.82) is 0 Å². The molecule has 0 saturated carbocycles. The lowest BCUT2D eigenvalue weighted by molar-refractivity contribution is 0.607. The predicted octanol–water partition coefficient (Wildman–Crippen LogP) is 4.00. The molecule has 2 aromatic rings. The molecule has 0 saturated heterocycles. The molecule has 0 radical (unpaired) electrons. The second-order valence-corrected chi connectivity index (χ2v) is 5.30. The Balaban J connectivity index is 2.29. The summed E-state index contributed by atoms with van der Waals surface area (Å²) in [6.45, 7) is 9.09. The van der Waals surface area contributed by atoms with Gasteiger partial charge in [0, 0.05) is 18.8 Å². The molecule has 1 heterocycles. The third kappa shape index (κ3) is 3.00. The summed E-state index contributed by atoms with van der Waals surface area (Å²) in [6, 6.07) is 10.5. The van der Waals surface area contributed by atoms with E-state index in [0.29, 0.717) is 0 Å². The first kappa shape index (κ1) is 14.1. The van der Waals surface area contributed by atoms with Crippen molar-refractivity contribution < 1.29 is 0 Å². The fourth-order valence-electron chi connectivity index (χ4n) is 2.23. The molecule has 0 atom stereocenters. The molecule has 0 unspecified atom stereocenters. The van der Waals surface area contributed by atoms with Crippen molar-refractivity contribution in [3.05, 3.63) is 46.2 Å². The fourth-order valence-corrected chi connectivity index (χ4v) is 2.63. The normalized spacial score (nSPS) is 10.7. The first-order valence-corrected chi connectivity index (χ1v) is 7.48. The van der Waals surface area contributed by atoms with Crippen molar-refractivity contribution in [2.45, 2.75) is 33.9 Å². The number of anilines is 1. The van der Waals surface area contributed by atoms with Gasteiger partial charge in [-0.15, -0.1) is 0 Å². The maximum Gasteiger partial charge on any atom is 0.0739 e. The number of aromatic nitrogens is 2. The van der Waals surface area contributed by atoms with E-state index in [4.69, 9.17) is 0 Å². The van der Waals surface area contributed by atoms with E-state index < -0.39 is 0 Å². The van der Waals surface area contributed by atoms with Crippen LogP contribution in [0.5, 0.6) is 0 Å². The molecule has 0 aliphatic heterocycles. The monoisotopic (exact) mass is 321 g/mol. The maximum absolute atomic E-state index is 4.55. The van der Waals surface area contributed by atoms with Gasteiger partial charge < -0.3 is 4.90 Å². The number of hydrogen-bond acceptors (Lipinski definition) is 2. The fraction of sp³-hybridized carbons (Fsp3) is 0.400. The average Bonchev–Trinajstić information content (AvgIpc) is 2.72. The Kier molecular flexibility index (Phi) is 4.64. The van der Waals surface area contributed by atoms with Crippen molar-refractivity contribution >= 4 is 21.6 Å². The van der Waals surface area contributed by atoms with Crippen molar-refractivity contribution in [3.8, 4) is 0 Å². The van der Waals surface area contributed by atoms with Gasteiger partial charge in [-0.3, -0.25) is 4.68 Å². The van der Waals surface area contributed by atoms with E-state index in [1.54, 1.807) is 0 Å². The molecule has 0 aliphatic carbocycles. The number of rotatable bonds is 5. The number of nitrogens with zero attached hydrogens (tertiary/aromatic N) is 3. The lowest BCUT2D eigenvalue weighted by Gasteiger charge is -2.23. The molecule has 1 aromatic carbocycles. The molecule has 0 spiro atoms. The molecule has 0 bridgehead atoms. The van der Waals surface area contributed by atoms with Crippen LogP contribution in [-0.2, 0) is 13.1 Å². The quantitative estimate of drug-likeness (QED) is 0.830. The zero-order chi connectivity index (χ0) is 13.8. The maximum atomic E-state index is 4.55. The molecular weight excluding hydrogens is 302 g/mol. The standard InChI is InChI=1S/C15H20BrN3/c1-4-18(13-9-7-6-8-10-13)11-14-15(16)12(3)17-19(14)5-2/h6-10H,4-5,11H2,1-3H3. The first-order valence-electron chi connectivity index (χ1n) is 6.69. The van der Waals surface area contributed by atoms with Crippen LogP contribution in [0.4, 0.5) is 5.69 Å². The minimum Gasteiger partial charge on any atom is -0.366 e. The highest BCUT2D eigenvalue weighted by Crippen LogP contribution is 2.24. The highest BCUT2D eigenvalue weighted by Gasteiger charge is 2.15. The van der Waals surface area contributed by atoms with Crippen LogP contribution in [0.15, 0.2) is 34.8 Å². The molecule has 0 amide bonds. The number of benzene rings is 1. The van der Waals surface area contributed by atoms with Crippen LogP contribution < -0.4 is 4.90 Å². The van der Waals surface area contributed by atoms with Gasteiger partial charge in [0.1, 0.15) is 0 Å². The largest absolute Gasteiger partial charge is 0.366 e. The van der Waals surface area contributed by atoms with E-state index in [2.05, 4.69) is 68.7 Å². The van der Waals surface area contributed by atoms with E-state index in [1.807, 2.05) is 13.0 Å². The number of halogens is 1. The number of aryl methyl sites for hydroxylation is 2. The van der Waals surface area contributed by atoms with Crippen LogP contribution in [0.3, 0.4) is 0 Å². The van der Waals surface area contributed by atoms with Crippen LogP contribution in [0.2, 0.25) is 0 Å². The van der Waals surface area contributed by atoms with Gasteiger partial charge in [-0.05, 0) is 48.8 Å². The summed E-state index contributed by atoms with van der Waals surface area (Å²) in [4.78, 5) is 2.35. The van der Waals surface area contributed by atoms with E-state index in [0.717, 1.165) is 29.8 Å². The van der Waals surface area contributed by atoms with Crippen LogP contribution in [0, 0.1) is 6.92 Å². The molecule has 4 heteroatoms. The summed E-state index contributed by atoms with van der Waals surface area (Å²) in [5.41, 5.74) is 3.55. The smallest absolute Gasteiger partial charge is 0.0739 e. The summed E-state index contributed by atoms with van der Waals surface area (Å²) in [6.07, 6.45) is 0. The zero-order valence-electron chi connectivity index (χ0n) is 11.7. The second-order valence-electron chi connectivity index (χ2n) is 4.51. The lowest BCUT2D eigenvalue weighted by atomic mass is 10.2. The summed E-state index contributed by atoms with van der Waals surface area (Å²) >= 11 is 3.66. The van der Waals surface area contributed by atoms with Crippen molar-refractivity contribution in [1.82, 2.24) is 9.78 Å². The summed E-state index contributed by atoms with van der Waals surface area (Å²) in [5.74, 6) is 0. The Hall–Kier alpha value is -1.29. The molecule has 0 fully saturated rings. The SMILES string of the molecule is CCN(Cc1c(Br)c(C)nn1CC)c1ccccc1. The topological polar surface area (TPSA) is 21.1 Å². The zero-order valence-corrected chi connectivity index (χ0v) is 13.3. The van der Waals surface area contributed by atoms with E-state index >= 15 is 0 Å². The first-order chi connectivity index (χ1) is 9.17. The third-order valence-electron chi connectivity index (χ3n) is 3.30. The highest BCUT2D eigenvalue weighted by atomic mass is 79.9. The van der Waals surface area contributed by atoms with E-state index in [9.17, 15) is 0 Å². The third-order valence-corrected chi connectivity index (χ3v) is 4.33. The average molecular weight is 322 g/mol. The van der Waals surface area contributed by atoms with Gasteiger partial charge >= 0.3 is 0 Å².